The van der Waals surface area contributed by atoms with Crippen molar-refractivity contribution in [3.8, 4) is 17.2 Å². The van der Waals surface area contributed by atoms with Gasteiger partial charge in [-0.15, -0.1) is 0 Å². The Morgan fingerprint density at radius 1 is 1.07 bits per heavy atom. The normalized spacial score (nSPS) is 20.6. The Balaban J connectivity index is 1.69. The van der Waals surface area contributed by atoms with Gasteiger partial charge in [0.15, 0.2) is 11.5 Å². The maximum Gasteiger partial charge on any atom is 0.252 e. The molecule has 0 bridgehead atoms. The Labute approximate surface area is 158 Å². The molecule has 0 unspecified atom stereocenters. The fourth-order valence-corrected chi connectivity index (χ4v) is 4.43. The average Bonchev–Trinajstić information content (AvgIpc) is 3.15. The van der Waals surface area contributed by atoms with Gasteiger partial charge in [-0.25, -0.2) is 0 Å². The topological polar surface area (TPSA) is 67.0 Å². The molecular weight excluding hydrogens is 346 g/mol. The highest BCUT2D eigenvalue weighted by Crippen LogP contribution is 2.42. The van der Waals surface area contributed by atoms with E-state index >= 15 is 0 Å². The number of nitrogens with one attached hydrogen (secondary N) is 1. The quantitative estimate of drug-likeness (QED) is 0.863. The van der Waals surface area contributed by atoms with Crippen LogP contribution in [0.15, 0.2) is 16.9 Å². The molecule has 2 saturated heterocycles. The van der Waals surface area contributed by atoms with E-state index in [0.717, 1.165) is 30.6 Å². The van der Waals surface area contributed by atoms with Gasteiger partial charge in [0.1, 0.15) is 0 Å². The van der Waals surface area contributed by atoms with Crippen LogP contribution in [0.2, 0.25) is 0 Å². The number of nitrogens with zero attached hydrogens (tertiary/aromatic N) is 2. The van der Waals surface area contributed by atoms with Crippen molar-refractivity contribution in [1.82, 2.24) is 14.8 Å². The number of rotatable bonds is 5. The number of aromatic nitrogens is 1. The summed E-state index contributed by atoms with van der Waals surface area (Å²) in [6, 6.07) is 4.34. The third-order valence-electron chi connectivity index (χ3n) is 5.79. The zero-order valence-electron chi connectivity index (χ0n) is 16.2. The summed E-state index contributed by atoms with van der Waals surface area (Å²) in [5.41, 5.74) is 1.36. The molecule has 1 aromatic carbocycles. The minimum absolute atomic E-state index is 0.0642. The van der Waals surface area contributed by atoms with E-state index < -0.39 is 0 Å². The molecule has 0 aliphatic carbocycles. The lowest BCUT2D eigenvalue weighted by Crippen LogP contribution is -2.49. The second-order valence-electron chi connectivity index (χ2n) is 7.30. The predicted octanol–water partition coefficient (Wildman–Crippen LogP) is 1.83. The Hall–Kier alpha value is -2.25. The number of benzene rings is 1. The summed E-state index contributed by atoms with van der Waals surface area (Å²) < 4.78 is 16.4. The third-order valence-corrected chi connectivity index (χ3v) is 5.79. The van der Waals surface area contributed by atoms with Crippen LogP contribution in [-0.4, -0.2) is 68.3 Å². The van der Waals surface area contributed by atoms with Crippen molar-refractivity contribution in [3.05, 3.63) is 28.0 Å². The van der Waals surface area contributed by atoms with Crippen LogP contribution in [0.1, 0.15) is 18.4 Å². The molecule has 3 heterocycles. The fraction of sp³-hybridized carbons (Fsp3) is 0.550. The van der Waals surface area contributed by atoms with E-state index in [1.54, 1.807) is 27.4 Å². The number of H-pyrrole nitrogens is 1. The second-order valence-corrected chi connectivity index (χ2v) is 7.30. The van der Waals surface area contributed by atoms with E-state index in [2.05, 4.69) is 14.8 Å². The van der Waals surface area contributed by atoms with Crippen LogP contribution in [0.3, 0.4) is 0 Å². The molecule has 4 rings (SSSR count). The van der Waals surface area contributed by atoms with E-state index in [-0.39, 0.29) is 5.56 Å². The first-order valence-corrected chi connectivity index (χ1v) is 9.46. The third kappa shape index (κ3) is 3.26. The standard InChI is InChI=1S/C20H27N3O4/c1-25-17-10-16-15(18(26-2)19(17)27-3)9-13(20(24)21-16)11-22-7-8-23-6-4-5-14(23)12-22/h9-10,14H,4-8,11-12H2,1-3H3,(H,21,24)/t14-/m0/s1. The van der Waals surface area contributed by atoms with Crippen molar-refractivity contribution in [2.75, 3.05) is 47.5 Å². The van der Waals surface area contributed by atoms with Gasteiger partial charge in [0, 0.05) is 49.2 Å². The van der Waals surface area contributed by atoms with Gasteiger partial charge in [0.05, 0.1) is 26.8 Å². The van der Waals surface area contributed by atoms with Crippen molar-refractivity contribution < 1.29 is 14.2 Å². The Kier molecular flexibility index (Phi) is 4.97. The number of aromatic amines is 1. The predicted molar refractivity (Wildman–Crippen MR) is 104 cm³/mol. The molecule has 0 saturated carbocycles. The molecule has 1 atom stereocenters. The zero-order chi connectivity index (χ0) is 19.0. The summed E-state index contributed by atoms with van der Waals surface area (Å²) in [5.74, 6) is 1.64. The molecule has 7 nitrogen and oxygen atoms in total. The van der Waals surface area contributed by atoms with Gasteiger partial charge in [0.2, 0.25) is 5.75 Å². The molecule has 0 amide bonds. The lowest BCUT2D eigenvalue weighted by atomic mass is 10.1. The summed E-state index contributed by atoms with van der Waals surface area (Å²) in [7, 11) is 4.75. The van der Waals surface area contributed by atoms with Crippen LogP contribution in [0, 0.1) is 0 Å². The lowest BCUT2D eigenvalue weighted by molar-refractivity contribution is 0.0991. The molecule has 7 heteroatoms. The highest BCUT2D eigenvalue weighted by Gasteiger charge is 2.30. The van der Waals surface area contributed by atoms with Crippen LogP contribution >= 0.6 is 0 Å². The van der Waals surface area contributed by atoms with Crippen LogP contribution in [0.25, 0.3) is 10.9 Å². The van der Waals surface area contributed by atoms with Crippen molar-refractivity contribution >= 4 is 10.9 Å². The van der Waals surface area contributed by atoms with E-state index in [0.29, 0.717) is 35.4 Å². The molecule has 1 N–H and O–H groups in total. The summed E-state index contributed by atoms with van der Waals surface area (Å²) in [6.45, 7) is 4.98. The lowest BCUT2D eigenvalue weighted by Gasteiger charge is -2.37. The Morgan fingerprint density at radius 3 is 2.63 bits per heavy atom. The summed E-state index contributed by atoms with van der Waals surface area (Å²) in [4.78, 5) is 20.6. The Bertz CT molecular complexity index is 895. The summed E-state index contributed by atoms with van der Waals surface area (Å²) in [6.07, 6.45) is 2.54. The van der Waals surface area contributed by atoms with E-state index in [9.17, 15) is 4.79 Å². The van der Waals surface area contributed by atoms with Gasteiger partial charge in [0.25, 0.3) is 5.56 Å². The van der Waals surface area contributed by atoms with E-state index in [1.807, 2.05) is 6.07 Å². The van der Waals surface area contributed by atoms with Crippen molar-refractivity contribution in [1.29, 1.82) is 0 Å². The first kappa shape index (κ1) is 18.1. The number of pyridine rings is 1. The van der Waals surface area contributed by atoms with Crippen LogP contribution in [0.5, 0.6) is 17.2 Å². The maximum absolute atomic E-state index is 12.7. The van der Waals surface area contributed by atoms with Gasteiger partial charge in [-0.1, -0.05) is 0 Å². The Morgan fingerprint density at radius 2 is 1.89 bits per heavy atom. The molecule has 0 spiro atoms. The summed E-state index contributed by atoms with van der Waals surface area (Å²) >= 11 is 0. The van der Waals surface area contributed by atoms with Crippen LogP contribution in [0.4, 0.5) is 0 Å². The minimum atomic E-state index is -0.0642. The number of hydrogen-bond donors (Lipinski definition) is 1. The number of methoxy groups -OCH3 is 3. The summed E-state index contributed by atoms with van der Waals surface area (Å²) in [5, 5.41) is 0.823. The highest BCUT2D eigenvalue weighted by atomic mass is 16.5. The minimum Gasteiger partial charge on any atom is -0.493 e. The average molecular weight is 373 g/mol. The van der Waals surface area contributed by atoms with Crippen LogP contribution in [-0.2, 0) is 6.54 Å². The second kappa shape index (κ2) is 7.40. The van der Waals surface area contributed by atoms with Gasteiger partial charge in [-0.05, 0) is 25.5 Å². The molecule has 0 radical (unpaired) electrons. The largest absolute Gasteiger partial charge is 0.493 e. The fourth-order valence-electron chi connectivity index (χ4n) is 4.43. The molecule has 2 aliphatic heterocycles. The first-order valence-electron chi connectivity index (χ1n) is 9.46. The van der Waals surface area contributed by atoms with E-state index in [4.69, 9.17) is 14.2 Å². The molecule has 2 aliphatic rings. The molecule has 2 aromatic rings. The number of ether oxygens (including phenoxy) is 3. The smallest absolute Gasteiger partial charge is 0.252 e. The van der Waals surface area contributed by atoms with Crippen molar-refractivity contribution in [2.45, 2.75) is 25.4 Å². The SMILES string of the molecule is COc1cc2[nH]c(=O)c(CN3CCN4CCC[C@H]4C3)cc2c(OC)c1OC. The monoisotopic (exact) mass is 373 g/mol. The van der Waals surface area contributed by atoms with Gasteiger partial charge >= 0.3 is 0 Å². The van der Waals surface area contributed by atoms with Crippen molar-refractivity contribution in [3.63, 3.8) is 0 Å². The van der Waals surface area contributed by atoms with Crippen molar-refractivity contribution in [2.24, 2.45) is 0 Å². The van der Waals surface area contributed by atoms with E-state index in [1.165, 1.54) is 19.4 Å². The first-order chi connectivity index (χ1) is 13.1. The van der Waals surface area contributed by atoms with Gasteiger partial charge in [-0.3, -0.25) is 14.6 Å². The number of piperazine rings is 1. The number of fused-ring (bicyclic) bond motifs is 2. The number of hydrogen-bond acceptors (Lipinski definition) is 6. The maximum atomic E-state index is 12.7. The molecule has 2 fully saturated rings. The molecule has 1 aromatic heterocycles. The van der Waals surface area contributed by atoms with Crippen LogP contribution < -0.4 is 19.8 Å². The van der Waals surface area contributed by atoms with Gasteiger partial charge in [-0.2, -0.15) is 0 Å². The molecule has 27 heavy (non-hydrogen) atoms. The van der Waals surface area contributed by atoms with Gasteiger partial charge < -0.3 is 19.2 Å². The highest BCUT2D eigenvalue weighted by molar-refractivity contribution is 5.90. The zero-order valence-corrected chi connectivity index (χ0v) is 16.2. The molecule has 146 valence electrons. The molecular formula is C20H27N3O4.